The maximum atomic E-state index is 11.6. The van der Waals surface area contributed by atoms with Crippen LogP contribution in [0.2, 0.25) is 0 Å². The van der Waals surface area contributed by atoms with Gasteiger partial charge < -0.3 is 10.1 Å². The summed E-state index contributed by atoms with van der Waals surface area (Å²) in [6.45, 7) is 2.76. The average Bonchev–Trinajstić information content (AvgIpc) is 2.56. The minimum atomic E-state index is -0.424. The van der Waals surface area contributed by atoms with Crippen LogP contribution in [0.4, 0.5) is 4.79 Å². The highest BCUT2D eigenvalue weighted by Gasteiger charge is 2.01. The Labute approximate surface area is 145 Å². The molecule has 2 aromatic rings. The van der Waals surface area contributed by atoms with E-state index >= 15 is 0 Å². The zero-order chi connectivity index (χ0) is 16.5. The molecule has 1 N–H and O–H groups in total. The molecule has 0 radical (unpaired) electrons. The monoisotopic (exact) mass is 371 g/mol. The summed E-state index contributed by atoms with van der Waals surface area (Å²) in [6, 6.07) is 15.6. The summed E-state index contributed by atoms with van der Waals surface area (Å²) in [5.41, 5.74) is 3.09. The third kappa shape index (κ3) is 6.17. The maximum absolute atomic E-state index is 11.6. The number of benzene rings is 2. The molecule has 0 aliphatic carbocycles. The first-order valence-corrected chi connectivity index (χ1v) is 8.14. The predicted molar refractivity (Wildman–Crippen MR) is 95.0 cm³/mol. The second-order valence-corrected chi connectivity index (χ2v) is 5.88. The molecule has 0 bridgehead atoms. The number of hydrogen-bond acceptors (Lipinski definition) is 2. The van der Waals surface area contributed by atoms with Crippen LogP contribution >= 0.6 is 15.9 Å². The van der Waals surface area contributed by atoms with Crippen LogP contribution in [0.15, 0.2) is 53.0 Å². The predicted octanol–water partition coefficient (Wildman–Crippen LogP) is 4.43. The molecular weight excluding hydrogens is 354 g/mol. The molecule has 0 saturated heterocycles. The van der Waals surface area contributed by atoms with E-state index in [2.05, 4.69) is 33.1 Å². The Morgan fingerprint density at radius 3 is 2.78 bits per heavy atom. The van der Waals surface area contributed by atoms with E-state index in [-0.39, 0.29) is 6.61 Å². The highest BCUT2D eigenvalue weighted by molar-refractivity contribution is 9.10. The third-order valence-corrected chi connectivity index (χ3v) is 3.77. The Morgan fingerprint density at radius 2 is 2.00 bits per heavy atom. The number of alkyl carbamates (subject to hydrolysis) is 1. The SMILES string of the molecule is Cc1ccc(Br)c(C#CCCNC(=O)OCc2ccccc2)c1. The van der Waals surface area contributed by atoms with E-state index in [1.807, 2.05) is 55.5 Å². The lowest BCUT2D eigenvalue weighted by atomic mass is 10.1. The first kappa shape index (κ1) is 17.1. The highest BCUT2D eigenvalue weighted by atomic mass is 79.9. The molecule has 0 aliphatic heterocycles. The van der Waals surface area contributed by atoms with Gasteiger partial charge >= 0.3 is 6.09 Å². The highest BCUT2D eigenvalue weighted by Crippen LogP contribution is 2.16. The van der Waals surface area contributed by atoms with E-state index in [0.717, 1.165) is 15.6 Å². The van der Waals surface area contributed by atoms with Gasteiger partial charge in [-0.2, -0.15) is 0 Å². The summed E-state index contributed by atoms with van der Waals surface area (Å²) in [6.07, 6.45) is 0.147. The van der Waals surface area contributed by atoms with Gasteiger partial charge in [-0.25, -0.2) is 4.79 Å². The molecule has 0 aromatic heterocycles. The summed E-state index contributed by atoms with van der Waals surface area (Å²) >= 11 is 3.47. The van der Waals surface area contributed by atoms with Crippen LogP contribution in [-0.2, 0) is 11.3 Å². The van der Waals surface area contributed by atoms with E-state index in [0.29, 0.717) is 13.0 Å². The van der Waals surface area contributed by atoms with Crippen LogP contribution < -0.4 is 5.32 Å². The van der Waals surface area contributed by atoms with Crippen molar-refractivity contribution in [3.63, 3.8) is 0 Å². The quantitative estimate of drug-likeness (QED) is 0.637. The van der Waals surface area contributed by atoms with Gasteiger partial charge in [0.05, 0.1) is 0 Å². The minimum absolute atomic E-state index is 0.272. The van der Waals surface area contributed by atoms with Crippen LogP contribution in [-0.4, -0.2) is 12.6 Å². The molecule has 0 aliphatic rings. The van der Waals surface area contributed by atoms with Gasteiger partial charge in [0.1, 0.15) is 6.61 Å². The maximum Gasteiger partial charge on any atom is 0.407 e. The van der Waals surface area contributed by atoms with Crippen molar-refractivity contribution in [2.24, 2.45) is 0 Å². The van der Waals surface area contributed by atoms with Crippen LogP contribution in [0.3, 0.4) is 0 Å². The number of aryl methyl sites for hydroxylation is 1. The number of hydrogen-bond donors (Lipinski definition) is 1. The molecule has 2 aromatic carbocycles. The topological polar surface area (TPSA) is 38.3 Å². The van der Waals surface area contributed by atoms with Crippen LogP contribution in [0.1, 0.15) is 23.1 Å². The standard InChI is InChI=1S/C19H18BrNO2/c1-15-10-11-18(20)17(13-15)9-5-6-12-21-19(22)23-14-16-7-3-2-4-8-16/h2-4,7-8,10-11,13H,6,12,14H2,1H3,(H,21,22). The van der Waals surface area contributed by atoms with Crippen molar-refractivity contribution < 1.29 is 9.53 Å². The third-order valence-electron chi connectivity index (χ3n) is 3.08. The Kier molecular flexibility index (Phi) is 6.71. The Balaban J connectivity index is 1.70. The molecule has 2 rings (SSSR count). The Morgan fingerprint density at radius 1 is 1.22 bits per heavy atom. The van der Waals surface area contributed by atoms with E-state index in [1.54, 1.807) is 0 Å². The molecule has 0 heterocycles. The minimum Gasteiger partial charge on any atom is -0.445 e. The normalized spacial score (nSPS) is 9.65. The van der Waals surface area contributed by atoms with Gasteiger partial charge in [0.2, 0.25) is 0 Å². The largest absolute Gasteiger partial charge is 0.445 e. The van der Waals surface area contributed by atoms with Crippen molar-refractivity contribution in [2.75, 3.05) is 6.54 Å². The second-order valence-electron chi connectivity index (χ2n) is 5.02. The van der Waals surface area contributed by atoms with Gasteiger partial charge in [-0.1, -0.05) is 48.2 Å². The molecule has 0 unspecified atom stereocenters. The number of carbonyl (C=O) groups is 1. The van der Waals surface area contributed by atoms with Crippen molar-refractivity contribution in [2.45, 2.75) is 20.0 Å². The summed E-state index contributed by atoms with van der Waals surface area (Å²) in [5, 5.41) is 2.69. The molecule has 118 valence electrons. The molecule has 0 saturated carbocycles. The Hall–Kier alpha value is -2.25. The Bertz CT molecular complexity index is 717. The lowest BCUT2D eigenvalue weighted by molar-refractivity contribution is 0.140. The zero-order valence-corrected chi connectivity index (χ0v) is 14.5. The van der Waals surface area contributed by atoms with Crippen molar-refractivity contribution >= 4 is 22.0 Å². The number of nitrogens with one attached hydrogen (secondary N) is 1. The van der Waals surface area contributed by atoms with E-state index < -0.39 is 6.09 Å². The first-order valence-electron chi connectivity index (χ1n) is 7.35. The van der Waals surface area contributed by atoms with E-state index in [9.17, 15) is 4.79 Å². The van der Waals surface area contributed by atoms with Crippen molar-refractivity contribution in [3.05, 3.63) is 69.7 Å². The number of halogens is 1. The smallest absolute Gasteiger partial charge is 0.407 e. The lowest BCUT2D eigenvalue weighted by Gasteiger charge is -2.05. The van der Waals surface area contributed by atoms with Gasteiger partial charge in [0, 0.05) is 23.0 Å². The number of amides is 1. The fraction of sp³-hybridized carbons (Fsp3) is 0.211. The van der Waals surface area contributed by atoms with E-state index in [4.69, 9.17) is 4.74 Å². The van der Waals surface area contributed by atoms with Gasteiger partial charge in [0.25, 0.3) is 0 Å². The lowest BCUT2D eigenvalue weighted by Crippen LogP contribution is -2.24. The molecule has 4 heteroatoms. The average molecular weight is 372 g/mol. The molecule has 1 amide bonds. The number of ether oxygens (including phenoxy) is 1. The van der Waals surface area contributed by atoms with Gasteiger partial charge in [-0.3, -0.25) is 0 Å². The van der Waals surface area contributed by atoms with Gasteiger partial charge in [0.15, 0.2) is 0 Å². The number of carbonyl (C=O) groups excluding carboxylic acids is 1. The number of rotatable bonds is 4. The fourth-order valence-electron chi connectivity index (χ4n) is 1.89. The summed E-state index contributed by atoms with van der Waals surface area (Å²) in [7, 11) is 0. The van der Waals surface area contributed by atoms with Crippen molar-refractivity contribution in [1.82, 2.24) is 5.32 Å². The summed E-state index contributed by atoms with van der Waals surface area (Å²) in [5.74, 6) is 6.14. The van der Waals surface area contributed by atoms with Crippen LogP contribution in [0.5, 0.6) is 0 Å². The second kappa shape index (κ2) is 9.02. The van der Waals surface area contributed by atoms with Gasteiger partial charge in [-0.15, -0.1) is 0 Å². The zero-order valence-electron chi connectivity index (χ0n) is 12.9. The molecular formula is C19H18BrNO2. The fourth-order valence-corrected chi connectivity index (χ4v) is 2.24. The summed E-state index contributed by atoms with van der Waals surface area (Å²) in [4.78, 5) is 11.6. The molecule has 3 nitrogen and oxygen atoms in total. The van der Waals surface area contributed by atoms with E-state index in [1.165, 1.54) is 5.56 Å². The van der Waals surface area contributed by atoms with Crippen molar-refractivity contribution in [1.29, 1.82) is 0 Å². The summed E-state index contributed by atoms with van der Waals surface area (Å²) < 4.78 is 6.10. The molecule has 0 fully saturated rings. The molecule has 0 spiro atoms. The van der Waals surface area contributed by atoms with Crippen molar-refractivity contribution in [3.8, 4) is 11.8 Å². The molecule has 23 heavy (non-hydrogen) atoms. The van der Waals surface area contributed by atoms with Crippen LogP contribution in [0.25, 0.3) is 0 Å². The molecule has 0 atom stereocenters. The first-order chi connectivity index (χ1) is 11.1. The van der Waals surface area contributed by atoms with Crippen LogP contribution in [0, 0.1) is 18.8 Å². The van der Waals surface area contributed by atoms with Gasteiger partial charge in [-0.05, 0) is 46.1 Å².